The molecule has 0 bridgehead atoms. The van der Waals surface area contributed by atoms with Gasteiger partial charge < -0.3 is 0 Å². The number of hydrogen-bond donors (Lipinski definition) is 0. The van der Waals surface area contributed by atoms with Crippen molar-refractivity contribution in [1.29, 1.82) is 0 Å². The number of hydrogen-bond acceptors (Lipinski definition) is 1. The van der Waals surface area contributed by atoms with E-state index in [9.17, 15) is 0 Å². The third-order valence-corrected chi connectivity index (χ3v) is 4.18. The van der Waals surface area contributed by atoms with Gasteiger partial charge in [-0.05, 0) is 42.6 Å². The second kappa shape index (κ2) is 4.13. The van der Waals surface area contributed by atoms with Crippen LogP contribution in [0.2, 0.25) is 0 Å². The van der Waals surface area contributed by atoms with Gasteiger partial charge in [0.2, 0.25) is 0 Å². The Balaban J connectivity index is 2.53. The van der Waals surface area contributed by atoms with Crippen LogP contribution in [0.3, 0.4) is 0 Å². The molecule has 1 nitrogen and oxygen atoms in total. The van der Waals surface area contributed by atoms with E-state index in [-0.39, 0.29) is 0 Å². The quantitative estimate of drug-likeness (QED) is 0.627. The Morgan fingerprint density at radius 2 is 2.25 bits per heavy atom. The van der Waals surface area contributed by atoms with E-state index in [0.29, 0.717) is 0 Å². The molecule has 0 unspecified atom stereocenters. The van der Waals surface area contributed by atoms with Crippen molar-refractivity contribution in [1.82, 2.24) is 0 Å². The van der Waals surface area contributed by atoms with Crippen molar-refractivity contribution in [3.05, 3.63) is 11.5 Å². The molecule has 0 spiro atoms. The van der Waals surface area contributed by atoms with Crippen molar-refractivity contribution >= 4 is 15.7 Å². The molecule has 0 amide bonds. The second-order valence-corrected chi connectivity index (χ2v) is 7.68. The SMILES string of the molecule is CCCN=C1C=CS(C)(C)CC1. The zero-order chi connectivity index (χ0) is 9.03. The molecule has 0 fully saturated rings. The van der Waals surface area contributed by atoms with Crippen LogP contribution in [0.25, 0.3) is 0 Å². The van der Waals surface area contributed by atoms with Gasteiger partial charge in [0, 0.05) is 12.3 Å². The first-order valence-electron chi connectivity index (χ1n) is 4.56. The summed E-state index contributed by atoms with van der Waals surface area (Å²) in [6.07, 6.45) is 9.31. The summed E-state index contributed by atoms with van der Waals surface area (Å²) in [6.45, 7) is 3.17. The summed E-state index contributed by atoms with van der Waals surface area (Å²) in [6, 6.07) is 0. The minimum Gasteiger partial charge on any atom is -0.290 e. The smallest absolute Gasteiger partial charge is 0.0389 e. The average molecular weight is 185 g/mol. The molecule has 12 heavy (non-hydrogen) atoms. The molecule has 0 atom stereocenters. The molecule has 0 aromatic rings. The summed E-state index contributed by atoms with van der Waals surface area (Å²) in [5, 5.41) is 2.37. The first-order valence-corrected chi connectivity index (χ1v) is 7.25. The highest BCUT2D eigenvalue weighted by atomic mass is 32.3. The van der Waals surface area contributed by atoms with E-state index in [4.69, 9.17) is 0 Å². The topological polar surface area (TPSA) is 12.4 Å². The summed E-state index contributed by atoms with van der Waals surface area (Å²) < 4.78 is 0. The lowest BCUT2D eigenvalue weighted by Crippen LogP contribution is -2.10. The molecule has 1 heterocycles. The monoisotopic (exact) mass is 185 g/mol. The van der Waals surface area contributed by atoms with E-state index in [1.807, 2.05) is 0 Å². The van der Waals surface area contributed by atoms with Gasteiger partial charge in [0.05, 0.1) is 0 Å². The summed E-state index contributed by atoms with van der Waals surface area (Å²) >= 11 is 0. The molecule has 1 aliphatic rings. The highest BCUT2D eigenvalue weighted by Crippen LogP contribution is 2.44. The largest absolute Gasteiger partial charge is 0.290 e. The Labute approximate surface area is 77.3 Å². The van der Waals surface area contributed by atoms with Crippen LogP contribution in [0, 0.1) is 0 Å². The predicted octanol–water partition coefficient (Wildman–Crippen LogP) is 2.82. The van der Waals surface area contributed by atoms with Gasteiger partial charge in [-0.3, -0.25) is 4.99 Å². The van der Waals surface area contributed by atoms with E-state index in [1.165, 1.54) is 17.9 Å². The van der Waals surface area contributed by atoms with Crippen molar-refractivity contribution < 1.29 is 0 Å². The molecule has 0 saturated heterocycles. The first-order chi connectivity index (χ1) is 5.64. The molecule has 0 aliphatic carbocycles. The van der Waals surface area contributed by atoms with Crippen LogP contribution in [0.5, 0.6) is 0 Å². The number of allylic oxidation sites excluding steroid dienone is 1. The van der Waals surface area contributed by atoms with Gasteiger partial charge in [0.15, 0.2) is 0 Å². The maximum Gasteiger partial charge on any atom is 0.0389 e. The molecule has 0 N–H and O–H groups in total. The van der Waals surface area contributed by atoms with E-state index in [2.05, 4.69) is 35.9 Å². The summed E-state index contributed by atoms with van der Waals surface area (Å²) in [7, 11) is -0.402. The summed E-state index contributed by atoms with van der Waals surface area (Å²) in [4.78, 5) is 4.51. The fourth-order valence-corrected chi connectivity index (χ4v) is 2.57. The first kappa shape index (κ1) is 9.85. The van der Waals surface area contributed by atoms with Gasteiger partial charge >= 0.3 is 0 Å². The Bertz CT molecular complexity index is 204. The molecule has 0 aromatic heterocycles. The second-order valence-electron chi connectivity index (χ2n) is 3.75. The molecule has 0 aromatic carbocycles. The van der Waals surface area contributed by atoms with Crippen LogP contribution in [0.4, 0.5) is 0 Å². The lowest BCUT2D eigenvalue weighted by molar-refractivity contribution is 0.928. The molecule has 2 heteroatoms. The Kier molecular flexibility index (Phi) is 3.39. The van der Waals surface area contributed by atoms with Crippen LogP contribution >= 0.6 is 10.0 Å². The normalized spacial score (nSPS) is 27.4. The minimum absolute atomic E-state index is 0.402. The Morgan fingerprint density at radius 1 is 1.50 bits per heavy atom. The Morgan fingerprint density at radius 3 is 2.75 bits per heavy atom. The van der Waals surface area contributed by atoms with Gasteiger partial charge in [-0.15, -0.1) is 0 Å². The van der Waals surface area contributed by atoms with Crippen molar-refractivity contribution in [2.75, 3.05) is 24.8 Å². The molecule has 0 saturated carbocycles. The Hall–Kier alpha value is -0.240. The zero-order valence-corrected chi connectivity index (χ0v) is 9.16. The minimum atomic E-state index is -0.402. The van der Waals surface area contributed by atoms with Crippen LogP contribution in [0.15, 0.2) is 16.5 Å². The van der Waals surface area contributed by atoms with Crippen LogP contribution in [-0.4, -0.2) is 30.5 Å². The van der Waals surface area contributed by atoms with Crippen LogP contribution < -0.4 is 0 Å². The van der Waals surface area contributed by atoms with Crippen molar-refractivity contribution in [3.8, 4) is 0 Å². The van der Waals surface area contributed by atoms with E-state index < -0.39 is 10.0 Å². The van der Waals surface area contributed by atoms with Crippen LogP contribution in [-0.2, 0) is 0 Å². The number of rotatable bonds is 2. The number of nitrogens with zero attached hydrogens (tertiary/aromatic N) is 1. The molecule has 1 rings (SSSR count). The average Bonchev–Trinajstić information content (AvgIpc) is 2.03. The van der Waals surface area contributed by atoms with E-state index >= 15 is 0 Å². The lowest BCUT2D eigenvalue weighted by Gasteiger charge is -2.30. The van der Waals surface area contributed by atoms with Gasteiger partial charge in [-0.1, -0.05) is 6.92 Å². The molecule has 70 valence electrons. The van der Waals surface area contributed by atoms with Crippen molar-refractivity contribution in [3.63, 3.8) is 0 Å². The van der Waals surface area contributed by atoms with Crippen molar-refractivity contribution in [2.24, 2.45) is 4.99 Å². The predicted molar refractivity (Wildman–Crippen MR) is 60.7 cm³/mol. The van der Waals surface area contributed by atoms with Gasteiger partial charge in [0.1, 0.15) is 0 Å². The number of aliphatic imine (C=N–C) groups is 1. The fraction of sp³-hybridized carbons (Fsp3) is 0.700. The zero-order valence-electron chi connectivity index (χ0n) is 8.34. The standard InChI is InChI=1S/C10H19NS/c1-4-7-11-10-5-8-12(2,3)9-6-10/h5,8H,4,6-7,9H2,1-3H3. The van der Waals surface area contributed by atoms with Crippen molar-refractivity contribution in [2.45, 2.75) is 19.8 Å². The highest BCUT2D eigenvalue weighted by Gasteiger charge is 2.13. The highest BCUT2D eigenvalue weighted by molar-refractivity contribution is 8.35. The molecule has 0 radical (unpaired) electrons. The van der Waals surface area contributed by atoms with Gasteiger partial charge in [0.25, 0.3) is 0 Å². The molecule has 1 aliphatic heterocycles. The van der Waals surface area contributed by atoms with Gasteiger partial charge in [-0.25, -0.2) is 10.0 Å². The lowest BCUT2D eigenvalue weighted by atomic mass is 10.3. The summed E-state index contributed by atoms with van der Waals surface area (Å²) in [5.74, 6) is 1.33. The maximum absolute atomic E-state index is 4.51. The summed E-state index contributed by atoms with van der Waals surface area (Å²) in [5.41, 5.74) is 1.31. The van der Waals surface area contributed by atoms with E-state index in [0.717, 1.165) is 13.0 Å². The molecular formula is C10H19NS. The van der Waals surface area contributed by atoms with E-state index in [1.54, 1.807) is 0 Å². The van der Waals surface area contributed by atoms with Gasteiger partial charge in [-0.2, -0.15) is 0 Å². The maximum atomic E-state index is 4.51. The fourth-order valence-electron chi connectivity index (χ4n) is 1.17. The molecular weight excluding hydrogens is 166 g/mol. The van der Waals surface area contributed by atoms with Crippen LogP contribution in [0.1, 0.15) is 19.8 Å². The third kappa shape index (κ3) is 3.02. The third-order valence-electron chi connectivity index (χ3n) is 2.05.